The number of hydrazine groups is 1. The Hall–Kier alpha value is -4.84. The first-order valence-corrected chi connectivity index (χ1v) is 19.2. The highest BCUT2D eigenvalue weighted by Gasteiger charge is 2.49. The Morgan fingerprint density at radius 2 is 1.82 bits per heavy atom. The van der Waals surface area contributed by atoms with Crippen molar-refractivity contribution in [2.24, 2.45) is 17.7 Å². The Morgan fingerprint density at radius 1 is 1.04 bits per heavy atom. The van der Waals surface area contributed by atoms with E-state index in [1.165, 1.54) is 6.08 Å². The number of alkyl halides is 2. The largest absolute Gasteiger partial charge is 0.494 e. The molecule has 0 bridgehead atoms. The molecule has 55 heavy (non-hydrogen) atoms. The van der Waals surface area contributed by atoms with Gasteiger partial charge in [-0.1, -0.05) is 36.4 Å². The summed E-state index contributed by atoms with van der Waals surface area (Å²) in [5.74, 6) is 1.47. The lowest BCUT2D eigenvalue weighted by atomic mass is 9.87. The molecule has 2 saturated carbocycles. The van der Waals surface area contributed by atoms with Crippen LogP contribution in [0, 0.1) is 23.3 Å². The van der Waals surface area contributed by atoms with Gasteiger partial charge in [-0.15, -0.1) is 0 Å². The first-order chi connectivity index (χ1) is 26.5. The molecule has 1 heterocycles. The summed E-state index contributed by atoms with van der Waals surface area (Å²) in [6, 6.07) is 13.1. The number of fused-ring (bicyclic) bond motifs is 1. The van der Waals surface area contributed by atoms with Crippen LogP contribution >= 0.6 is 0 Å². The lowest BCUT2D eigenvalue weighted by Gasteiger charge is -2.37. The Balaban J connectivity index is 1.10. The van der Waals surface area contributed by atoms with E-state index in [1.807, 2.05) is 30.3 Å². The molecule has 0 saturated heterocycles. The number of hydrogen-bond acceptors (Lipinski definition) is 9. The van der Waals surface area contributed by atoms with Gasteiger partial charge in [0.25, 0.3) is 11.8 Å². The van der Waals surface area contributed by atoms with Gasteiger partial charge in [-0.2, -0.15) is 5.26 Å². The van der Waals surface area contributed by atoms with E-state index in [1.54, 1.807) is 41.1 Å². The number of ether oxygens (including phenoxy) is 2. The van der Waals surface area contributed by atoms with Crippen molar-refractivity contribution in [2.45, 2.75) is 69.4 Å². The van der Waals surface area contributed by atoms with Crippen LogP contribution < -0.4 is 21.3 Å². The molecule has 2 fully saturated rings. The number of halogens is 2. The molecule has 14 heteroatoms. The first kappa shape index (κ1) is 39.8. The molecule has 294 valence electrons. The van der Waals surface area contributed by atoms with Crippen LogP contribution in [0.5, 0.6) is 5.75 Å². The number of nitrogens with zero attached hydrogens (tertiary/aromatic N) is 4. The van der Waals surface area contributed by atoms with Crippen LogP contribution in [0.25, 0.3) is 0 Å². The van der Waals surface area contributed by atoms with Crippen LogP contribution in [0.2, 0.25) is 0 Å². The molecule has 0 aromatic heterocycles. The van der Waals surface area contributed by atoms with Crippen molar-refractivity contribution in [3.05, 3.63) is 83.0 Å². The van der Waals surface area contributed by atoms with Gasteiger partial charge in [0.15, 0.2) is 6.19 Å². The molecule has 12 nitrogen and oxygen atoms in total. The van der Waals surface area contributed by atoms with Crippen molar-refractivity contribution < 1.29 is 32.6 Å². The maximum atomic E-state index is 14.8. The van der Waals surface area contributed by atoms with Gasteiger partial charge in [0.05, 0.1) is 32.4 Å². The summed E-state index contributed by atoms with van der Waals surface area (Å²) in [5, 5.41) is 11.9. The third-order valence-electron chi connectivity index (χ3n) is 10.7. The van der Waals surface area contributed by atoms with Crippen LogP contribution in [-0.2, 0) is 20.7 Å². The van der Waals surface area contributed by atoms with E-state index in [4.69, 9.17) is 20.6 Å². The Kier molecular flexibility index (Phi) is 13.2. The summed E-state index contributed by atoms with van der Waals surface area (Å²) in [7, 11) is 1.73. The fraction of sp³-hybridized carbons (Fsp3) is 0.512. The zero-order valence-corrected chi connectivity index (χ0v) is 31.4. The normalized spacial score (nSPS) is 19.4. The van der Waals surface area contributed by atoms with Crippen LogP contribution in [0.15, 0.2) is 66.3 Å². The third-order valence-corrected chi connectivity index (χ3v) is 10.7. The van der Waals surface area contributed by atoms with Crippen molar-refractivity contribution in [3.8, 4) is 11.9 Å². The molecule has 2 unspecified atom stereocenters. The summed E-state index contributed by atoms with van der Waals surface area (Å²) in [6.07, 6.45) is 11.5. The zero-order valence-electron chi connectivity index (χ0n) is 31.4. The summed E-state index contributed by atoms with van der Waals surface area (Å²) < 4.78 is 41.5. The lowest BCUT2D eigenvalue weighted by Crippen LogP contribution is -2.43. The average molecular weight is 760 g/mol. The van der Waals surface area contributed by atoms with Crippen LogP contribution in [-0.4, -0.2) is 97.4 Å². The molecule has 2 atom stereocenters. The van der Waals surface area contributed by atoms with Crippen molar-refractivity contribution >= 4 is 23.4 Å². The monoisotopic (exact) mass is 759 g/mol. The highest BCUT2D eigenvalue weighted by atomic mass is 19.3. The molecule has 4 aliphatic rings. The van der Waals surface area contributed by atoms with Gasteiger partial charge < -0.3 is 24.6 Å². The van der Waals surface area contributed by atoms with Gasteiger partial charge >= 0.3 is 0 Å². The number of carbonyl (C=O) groups excluding carboxylic acids is 3. The molecule has 2 aromatic rings. The number of carbonyl (C=O) groups is 3. The predicted octanol–water partition coefficient (Wildman–Crippen LogP) is 4.96. The van der Waals surface area contributed by atoms with Crippen molar-refractivity contribution in [1.82, 2.24) is 20.1 Å². The minimum absolute atomic E-state index is 0.0524. The second kappa shape index (κ2) is 18.2. The number of anilines is 1. The number of nitriles is 1. The van der Waals surface area contributed by atoms with E-state index in [2.05, 4.69) is 21.8 Å². The Labute approximate surface area is 321 Å². The highest BCUT2D eigenvalue weighted by molar-refractivity contribution is 5.99. The molecular formula is C41H51F2N7O5. The quantitative estimate of drug-likeness (QED) is 0.0425. The molecule has 3 amide bonds. The molecule has 3 aliphatic carbocycles. The van der Waals surface area contributed by atoms with E-state index >= 15 is 0 Å². The molecule has 0 radical (unpaired) electrons. The second-order valence-electron chi connectivity index (χ2n) is 15.0. The van der Waals surface area contributed by atoms with Crippen LogP contribution in [0.4, 0.5) is 14.5 Å². The van der Waals surface area contributed by atoms with Gasteiger partial charge in [0, 0.05) is 56.3 Å². The lowest BCUT2D eigenvalue weighted by molar-refractivity contribution is -0.122. The summed E-state index contributed by atoms with van der Waals surface area (Å²) >= 11 is 0. The van der Waals surface area contributed by atoms with Gasteiger partial charge in [0.1, 0.15) is 5.75 Å². The standard InChI is InChI=1S/C41H51F2N7O5/c1-48(27-44)16-3-19-55-35-14-7-29(8-15-35)37-24-30-6-11-33(46-38(51)23-28-4-2-5-32(22-28)41(42,43)31-9-10-31)25-36(30)40(53)50(37)18-21-54-20-17-49(34-12-13-34)26-39(52)47-45/h2,4-8,11,14-15,25,28,31,34,37H,3,9-10,12-13,16-24,26,45H2,1H3,(H,46,51)(H,47,52). The van der Waals surface area contributed by atoms with E-state index < -0.39 is 11.8 Å². The number of benzene rings is 2. The van der Waals surface area contributed by atoms with Crippen molar-refractivity contribution in [2.75, 3.05) is 58.4 Å². The molecule has 1 aliphatic heterocycles. The van der Waals surface area contributed by atoms with Crippen molar-refractivity contribution in [3.63, 3.8) is 0 Å². The maximum absolute atomic E-state index is 14.8. The maximum Gasteiger partial charge on any atom is 0.272 e. The average Bonchev–Trinajstić information content (AvgIpc) is 4.11. The second-order valence-corrected chi connectivity index (χ2v) is 15.0. The number of hydrogen-bond donors (Lipinski definition) is 3. The van der Waals surface area contributed by atoms with Gasteiger partial charge in [-0.05, 0) is 91.8 Å². The Bertz CT molecular complexity index is 1790. The fourth-order valence-corrected chi connectivity index (χ4v) is 7.33. The molecular weight excluding hydrogens is 708 g/mol. The number of nitrogens with two attached hydrogens (primary N) is 1. The Morgan fingerprint density at radius 3 is 2.53 bits per heavy atom. The van der Waals surface area contributed by atoms with Crippen LogP contribution in [0.1, 0.15) is 72.5 Å². The van der Waals surface area contributed by atoms with E-state index in [-0.39, 0.29) is 61.2 Å². The summed E-state index contributed by atoms with van der Waals surface area (Å²) in [5.41, 5.74) is 5.00. The molecule has 4 N–H and O–H groups in total. The third kappa shape index (κ3) is 10.7. The first-order valence-electron chi connectivity index (χ1n) is 19.2. The highest BCUT2D eigenvalue weighted by Crippen LogP contribution is 2.49. The number of rotatable bonds is 20. The van der Waals surface area contributed by atoms with Gasteiger partial charge in [-0.3, -0.25) is 24.7 Å². The number of amides is 3. The van der Waals surface area contributed by atoms with Crippen molar-refractivity contribution in [1.29, 1.82) is 5.26 Å². The van der Waals surface area contributed by atoms with Gasteiger partial charge in [-0.25, -0.2) is 14.6 Å². The minimum atomic E-state index is -2.83. The summed E-state index contributed by atoms with van der Waals surface area (Å²) in [6.45, 7) is 2.80. The fourth-order valence-electron chi connectivity index (χ4n) is 7.33. The number of allylic oxidation sites excluding steroid dienone is 4. The molecule has 0 spiro atoms. The smallest absolute Gasteiger partial charge is 0.272 e. The number of nitrogens with one attached hydrogen (secondary N) is 2. The topological polar surface area (TPSA) is 153 Å². The summed E-state index contributed by atoms with van der Waals surface area (Å²) in [4.78, 5) is 44.7. The zero-order chi connectivity index (χ0) is 39.0. The van der Waals surface area contributed by atoms with Gasteiger partial charge in [0.2, 0.25) is 11.8 Å². The predicted molar refractivity (Wildman–Crippen MR) is 203 cm³/mol. The SMILES string of the molecule is CN(C#N)CCCOc1ccc(C2Cc3ccc(NC(=O)CC4C=CC=C(C(F)(F)C5CC5)C4)cc3C(=O)N2CCOCCN(CC(=O)NN)C2CC2)cc1. The molecule has 2 aromatic carbocycles. The minimum Gasteiger partial charge on any atom is -0.494 e. The van der Waals surface area contributed by atoms with Crippen LogP contribution in [0.3, 0.4) is 0 Å². The van der Waals surface area contributed by atoms with E-state index in [0.717, 1.165) is 24.0 Å². The van der Waals surface area contributed by atoms with E-state index in [9.17, 15) is 23.2 Å². The molecule has 6 rings (SSSR count). The van der Waals surface area contributed by atoms with E-state index in [0.29, 0.717) is 81.6 Å².